The molecule has 0 aliphatic heterocycles. The van der Waals surface area contributed by atoms with Crippen LogP contribution < -0.4 is 10.7 Å². The number of fused-ring (bicyclic) bond motifs is 1. The summed E-state index contributed by atoms with van der Waals surface area (Å²) in [5, 5.41) is 3.37. The minimum atomic E-state index is -0.240. The van der Waals surface area contributed by atoms with Gasteiger partial charge < -0.3 is 10.3 Å². The zero-order valence-electron chi connectivity index (χ0n) is 12.4. The molecule has 0 atom stereocenters. The molecule has 4 heteroatoms. The summed E-state index contributed by atoms with van der Waals surface area (Å²) in [6.07, 6.45) is 0. The molecule has 1 aromatic heterocycles. The largest absolute Gasteiger partial charge is 0.358 e. The molecule has 3 aromatic rings. The lowest BCUT2D eigenvalue weighted by Gasteiger charge is -2.09. The van der Waals surface area contributed by atoms with Gasteiger partial charge in [0, 0.05) is 22.8 Å². The first-order valence-corrected chi connectivity index (χ1v) is 7.05. The van der Waals surface area contributed by atoms with Crippen molar-refractivity contribution in [2.45, 2.75) is 13.8 Å². The third-order valence-corrected chi connectivity index (χ3v) is 3.55. The van der Waals surface area contributed by atoms with Gasteiger partial charge in [-0.05, 0) is 38.1 Å². The van der Waals surface area contributed by atoms with Gasteiger partial charge in [-0.1, -0.05) is 23.8 Å². The number of aromatic nitrogens is 1. The van der Waals surface area contributed by atoms with Crippen LogP contribution in [0.3, 0.4) is 0 Å². The number of anilines is 1. The second-order valence-electron chi connectivity index (χ2n) is 5.36. The molecule has 0 fully saturated rings. The van der Waals surface area contributed by atoms with Crippen LogP contribution in [0, 0.1) is 13.8 Å². The molecule has 0 spiro atoms. The quantitative estimate of drug-likeness (QED) is 0.760. The Hall–Kier alpha value is -2.88. The third kappa shape index (κ3) is 2.63. The van der Waals surface area contributed by atoms with Crippen molar-refractivity contribution >= 4 is 22.5 Å². The summed E-state index contributed by atoms with van der Waals surface area (Å²) in [6.45, 7) is 3.79. The van der Waals surface area contributed by atoms with Crippen molar-refractivity contribution in [3.8, 4) is 0 Å². The van der Waals surface area contributed by atoms with Gasteiger partial charge in [-0.25, -0.2) is 0 Å². The second-order valence-corrected chi connectivity index (χ2v) is 5.36. The Morgan fingerprint density at radius 3 is 2.50 bits per heavy atom. The Morgan fingerprint density at radius 1 is 1.05 bits per heavy atom. The minimum absolute atomic E-state index is 0.0868. The maximum Gasteiger partial charge on any atom is 0.257 e. The maximum atomic E-state index is 12.5. The molecule has 22 heavy (non-hydrogen) atoms. The van der Waals surface area contributed by atoms with E-state index in [1.165, 1.54) is 6.07 Å². The van der Waals surface area contributed by atoms with Crippen LogP contribution in [0.4, 0.5) is 5.69 Å². The number of benzene rings is 2. The molecule has 0 saturated carbocycles. The predicted octanol–water partition coefficient (Wildman–Crippen LogP) is 3.40. The second kappa shape index (κ2) is 5.48. The van der Waals surface area contributed by atoms with E-state index < -0.39 is 0 Å². The molecule has 0 aliphatic rings. The Morgan fingerprint density at radius 2 is 1.77 bits per heavy atom. The summed E-state index contributed by atoms with van der Waals surface area (Å²) in [6, 6.07) is 14.3. The number of amides is 1. The lowest BCUT2D eigenvalue weighted by Crippen LogP contribution is -2.14. The minimum Gasteiger partial charge on any atom is -0.358 e. The van der Waals surface area contributed by atoms with Crippen LogP contribution in [0.2, 0.25) is 0 Å². The molecule has 0 bridgehead atoms. The van der Waals surface area contributed by atoms with E-state index >= 15 is 0 Å². The van der Waals surface area contributed by atoms with Crippen LogP contribution in [0.5, 0.6) is 0 Å². The molecule has 0 radical (unpaired) electrons. The summed E-state index contributed by atoms with van der Waals surface area (Å²) in [5.41, 5.74) is 3.52. The lowest BCUT2D eigenvalue weighted by molar-refractivity contribution is 0.102. The average molecular weight is 292 g/mol. The van der Waals surface area contributed by atoms with Crippen LogP contribution in [-0.4, -0.2) is 10.9 Å². The van der Waals surface area contributed by atoms with Gasteiger partial charge in [0.2, 0.25) is 0 Å². The zero-order chi connectivity index (χ0) is 15.7. The molecule has 1 amide bonds. The number of nitrogens with one attached hydrogen (secondary N) is 2. The first-order chi connectivity index (χ1) is 10.5. The lowest BCUT2D eigenvalue weighted by atomic mass is 10.1. The van der Waals surface area contributed by atoms with Crippen molar-refractivity contribution in [1.29, 1.82) is 0 Å². The van der Waals surface area contributed by atoms with Crippen LogP contribution in [0.25, 0.3) is 10.9 Å². The normalized spacial score (nSPS) is 10.6. The number of aryl methyl sites for hydroxylation is 2. The smallest absolute Gasteiger partial charge is 0.257 e. The number of aromatic amines is 1. The first-order valence-electron chi connectivity index (χ1n) is 7.05. The SMILES string of the molecule is Cc1ccc(NC(=O)c2cccc3c(=O)cc(C)[nH]c23)cc1. The van der Waals surface area contributed by atoms with Crippen molar-refractivity contribution in [3.05, 3.63) is 75.6 Å². The van der Waals surface area contributed by atoms with E-state index in [-0.39, 0.29) is 11.3 Å². The number of rotatable bonds is 2. The highest BCUT2D eigenvalue weighted by Gasteiger charge is 2.12. The summed E-state index contributed by atoms with van der Waals surface area (Å²) in [5.74, 6) is -0.240. The highest BCUT2D eigenvalue weighted by atomic mass is 16.1. The molecule has 0 aliphatic carbocycles. The maximum absolute atomic E-state index is 12.5. The van der Waals surface area contributed by atoms with Gasteiger partial charge in [0.05, 0.1) is 11.1 Å². The molecule has 1 heterocycles. The van der Waals surface area contributed by atoms with Crippen molar-refractivity contribution < 1.29 is 4.79 Å². The summed E-state index contributed by atoms with van der Waals surface area (Å²) < 4.78 is 0. The fraction of sp³-hybridized carbons (Fsp3) is 0.111. The average Bonchev–Trinajstić information content (AvgIpc) is 2.49. The number of para-hydroxylation sites is 1. The summed E-state index contributed by atoms with van der Waals surface area (Å²) >= 11 is 0. The highest BCUT2D eigenvalue weighted by Crippen LogP contribution is 2.17. The topological polar surface area (TPSA) is 62.0 Å². The highest BCUT2D eigenvalue weighted by molar-refractivity contribution is 6.11. The fourth-order valence-electron chi connectivity index (χ4n) is 2.42. The van der Waals surface area contributed by atoms with E-state index in [1.807, 2.05) is 31.2 Å². The van der Waals surface area contributed by atoms with Crippen LogP contribution >= 0.6 is 0 Å². The number of hydrogen-bond acceptors (Lipinski definition) is 2. The monoisotopic (exact) mass is 292 g/mol. The Kier molecular flexibility index (Phi) is 3.51. The molecule has 2 aromatic carbocycles. The van der Waals surface area contributed by atoms with Gasteiger partial charge in [-0.15, -0.1) is 0 Å². The molecular formula is C18H16N2O2. The van der Waals surface area contributed by atoms with Gasteiger partial charge in [0.1, 0.15) is 0 Å². The molecule has 4 nitrogen and oxygen atoms in total. The van der Waals surface area contributed by atoms with Crippen molar-refractivity contribution in [2.75, 3.05) is 5.32 Å². The van der Waals surface area contributed by atoms with Crippen LogP contribution in [-0.2, 0) is 0 Å². The van der Waals surface area contributed by atoms with Gasteiger partial charge in [-0.3, -0.25) is 9.59 Å². The van der Waals surface area contributed by atoms with E-state index in [2.05, 4.69) is 10.3 Å². The van der Waals surface area contributed by atoms with E-state index in [4.69, 9.17) is 0 Å². The van der Waals surface area contributed by atoms with Crippen molar-refractivity contribution in [2.24, 2.45) is 0 Å². The number of H-pyrrole nitrogens is 1. The number of carbonyl (C=O) groups is 1. The standard InChI is InChI=1S/C18H16N2O2/c1-11-6-8-13(9-7-11)20-18(22)15-5-3-4-14-16(21)10-12(2)19-17(14)15/h3-10H,1-2H3,(H,19,21)(H,20,22). The molecule has 2 N–H and O–H groups in total. The van der Waals surface area contributed by atoms with Crippen LogP contribution in [0.15, 0.2) is 53.3 Å². The fourth-order valence-corrected chi connectivity index (χ4v) is 2.42. The Balaban J connectivity index is 2.04. The number of carbonyl (C=O) groups excluding carboxylic acids is 1. The van der Waals surface area contributed by atoms with E-state index in [0.717, 1.165) is 16.9 Å². The van der Waals surface area contributed by atoms with E-state index in [0.29, 0.717) is 16.5 Å². The number of pyridine rings is 1. The molecule has 110 valence electrons. The first kappa shape index (κ1) is 14.1. The Bertz CT molecular complexity index is 909. The van der Waals surface area contributed by atoms with Gasteiger partial charge in [-0.2, -0.15) is 0 Å². The third-order valence-electron chi connectivity index (χ3n) is 3.55. The molecule has 3 rings (SSSR count). The summed E-state index contributed by atoms with van der Waals surface area (Å²) in [4.78, 5) is 27.6. The van der Waals surface area contributed by atoms with Crippen LogP contribution in [0.1, 0.15) is 21.6 Å². The number of hydrogen-bond donors (Lipinski definition) is 2. The van der Waals surface area contributed by atoms with Crippen molar-refractivity contribution in [3.63, 3.8) is 0 Å². The van der Waals surface area contributed by atoms with E-state index in [9.17, 15) is 9.59 Å². The summed E-state index contributed by atoms with van der Waals surface area (Å²) in [7, 11) is 0. The molecule has 0 unspecified atom stereocenters. The van der Waals surface area contributed by atoms with Crippen molar-refractivity contribution in [1.82, 2.24) is 4.98 Å². The molecular weight excluding hydrogens is 276 g/mol. The molecule has 0 saturated heterocycles. The predicted molar refractivity (Wildman–Crippen MR) is 88.4 cm³/mol. The zero-order valence-corrected chi connectivity index (χ0v) is 12.4. The Labute approximate surface area is 127 Å². The van der Waals surface area contributed by atoms with Gasteiger partial charge >= 0.3 is 0 Å². The van der Waals surface area contributed by atoms with E-state index in [1.54, 1.807) is 25.1 Å². The van der Waals surface area contributed by atoms with Gasteiger partial charge in [0.15, 0.2) is 5.43 Å². The van der Waals surface area contributed by atoms with Gasteiger partial charge in [0.25, 0.3) is 5.91 Å².